The molecule has 0 aromatic carbocycles. The van der Waals surface area contributed by atoms with Gasteiger partial charge in [-0.25, -0.2) is 4.98 Å². The lowest BCUT2D eigenvalue weighted by atomic mass is 9.82. The molecule has 0 N–H and O–H groups in total. The summed E-state index contributed by atoms with van der Waals surface area (Å²) in [7, 11) is 1.60. The predicted octanol–water partition coefficient (Wildman–Crippen LogP) is 2.19. The molecule has 1 saturated carbocycles. The standard InChI is InChI=1S/C6H7NO.C6H10O2/c1-8-6-4-2-3-5-7-6;1-6(8-5-7)3-2-4-6/h2-5H,1H3;5H,2-4H2,1H3. The van der Waals surface area contributed by atoms with Crippen molar-refractivity contribution in [1.82, 2.24) is 4.98 Å². The van der Waals surface area contributed by atoms with Gasteiger partial charge in [-0.15, -0.1) is 0 Å². The van der Waals surface area contributed by atoms with Gasteiger partial charge in [-0.3, -0.25) is 4.79 Å². The zero-order valence-corrected chi connectivity index (χ0v) is 9.68. The molecule has 16 heavy (non-hydrogen) atoms. The predicted molar refractivity (Wildman–Crippen MR) is 60.2 cm³/mol. The molecule has 0 unspecified atom stereocenters. The molecule has 0 atom stereocenters. The Kier molecular flexibility index (Phi) is 4.76. The van der Waals surface area contributed by atoms with Crippen LogP contribution >= 0.6 is 0 Å². The molecular formula is C12H17NO3. The van der Waals surface area contributed by atoms with Crippen molar-refractivity contribution in [2.75, 3.05) is 7.11 Å². The molecule has 1 aromatic rings. The molecule has 1 fully saturated rings. The molecule has 0 bridgehead atoms. The fraction of sp³-hybridized carbons (Fsp3) is 0.500. The van der Waals surface area contributed by atoms with Crippen molar-refractivity contribution in [3.05, 3.63) is 24.4 Å². The third-order valence-electron chi connectivity index (χ3n) is 2.59. The SMILES string of the molecule is CC1(OC=O)CCC1.COc1ccccn1. The summed E-state index contributed by atoms with van der Waals surface area (Å²) in [4.78, 5) is 13.7. The maximum absolute atomic E-state index is 9.79. The van der Waals surface area contributed by atoms with Crippen molar-refractivity contribution >= 4 is 6.47 Å². The minimum absolute atomic E-state index is 0.0955. The highest BCUT2D eigenvalue weighted by Crippen LogP contribution is 2.33. The maximum Gasteiger partial charge on any atom is 0.293 e. The van der Waals surface area contributed by atoms with Gasteiger partial charge in [0.2, 0.25) is 5.88 Å². The van der Waals surface area contributed by atoms with Gasteiger partial charge in [-0.2, -0.15) is 0 Å². The van der Waals surface area contributed by atoms with Crippen molar-refractivity contribution < 1.29 is 14.3 Å². The number of ether oxygens (including phenoxy) is 2. The summed E-state index contributed by atoms with van der Waals surface area (Å²) in [5.74, 6) is 0.660. The molecule has 4 nitrogen and oxygen atoms in total. The molecule has 0 aliphatic heterocycles. The summed E-state index contributed by atoms with van der Waals surface area (Å²) in [5, 5.41) is 0. The molecule has 1 aliphatic carbocycles. The molecule has 0 amide bonds. The number of nitrogens with zero attached hydrogens (tertiary/aromatic N) is 1. The molecule has 0 spiro atoms. The first-order valence-corrected chi connectivity index (χ1v) is 5.27. The van der Waals surface area contributed by atoms with Crippen LogP contribution in [0.15, 0.2) is 24.4 Å². The number of aromatic nitrogens is 1. The first-order chi connectivity index (χ1) is 7.70. The summed E-state index contributed by atoms with van der Waals surface area (Å²) in [5.41, 5.74) is -0.0955. The third-order valence-corrected chi connectivity index (χ3v) is 2.59. The van der Waals surface area contributed by atoms with Gasteiger partial charge in [-0.05, 0) is 32.3 Å². The van der Waals surface area contributed by atoms with E-state index in [9.17, 15) is 4.79 Å². The quantitative estimate of drug-likeness (QED) is 0.737. The average Bonchev–Trinajstić information content (AvgIpc) is 2.29. The molecule has 1 aliphatic rings. The van der Waals surface area contributed by atoms with Gasteiger partial charge in [0.05, 0.1) is 7.11 Å². The summed E-state index contributed by atoms with van der Waals surface area (Å²) in [6.45, 7) is 2.50. The Labute approximate surface area is 95.6 Å². The number of hydrogen-bond donors (Lipinski definition) is 0. The van der Waals surface area contributed by atoms with E-state index in [1.165, 1.54) is 6.42 Å². The van der Waals surface area contributed by atoms with Crippen molar-refractivity contribution in [3.63, 3.8) is 0 Å². The van der Waals surface area contributed by atoms with E-state index in [1.54, 1.807) is 19.4 Å². The van der Waals surface area contributed by atoms with E-state index in [-0.39, 0.29) is 5.60 Å². The van der Waals surface area contributed by atoms with E-state index < -0.39 is 0 Å². The lowest BCUT2D eigenvalue weighted by Crippen LogP contribution is -2.35. The van der Waals surface area contributed by atoms with Crippen LogP contribution in [0.2, 0.25) is 0 Å². The Bertz CT molecular complexity index is 309. The van der Waals surface area contributed by atoms with Crippen LogP contribution in [-0.4, -0.2) is 24.2 Å². The Morgan fingerprint density at radius 1 is 1.44 bits per heavy atom. The van der Waals surface area contributed by atoms with Crippen molar-refractivity contribution in [2.45, 2.75) is 31.8 Å². The van der Waals surface area contributed by atoms with Gasteiger partial charge >= 0.3 is 0 Å². The van der Waals surface area contributed by atoms with E-state index in [0.717, 1.165) is 12.8 Å². The van der Waals surface area contributed by atoms with E-state index in [4.69, 9.17) is 9.47 Å². The topological polar surface area (TPSA) is 48.4 Å². The number of rotatable bonds is 3. The van der Waals surface area contributed by atoms with Crippen LogP contribution < -0.4 is 4.74 Å². The summed E-state index contributed by atoms with van der Waals surface area (Å²) >= 11 is 0. The maximum atomic E-state index is 9.79. The van der Waals surface area contributed by atoms with Crippen LogP contribution in [0.4, 0.5) is 0 Å². The zero-order chi connectivity index (χ0) is 11.9. The van der Waals surface area contributed by atoms with Crippen molar-refractivity contribution in [1.29, 1.82) is 0 Å². The Balaban J connectivity index is 0.000000160. The minimum Gasteiger partial charge on any atom is -0.481 e. The number of methoxy groups -OCH3 is 1. The third kappa shape index (κ3) is 3.88. The molecule has 0 radical (unpaired) electrons. The second kappa shape index (κ2) is 6.10. The first-order valence-electron chi connectivity index (χ1n) is 5.27. The smallest absolute Gasteiger partial charge is 0.293 e. The number of hydrogen-bond acceptors (Lipinski definition) is 4. The van der Waals surface area contributed by atoms with Crippen molar-refractivity contribution in [2.24, 2.45) is 0 Å². The second-order valence-corrected chi connectivity index (χ2v) is 3.89. The molecular weight excluding hydrogens is 206 g/mol. The number of carbonyl (C=O) groups is 1. The van der Waals surface area contributed by atoms with Crippen LogP contribution in [0.1, 0.15) is 26.2 Å². The lowest BCUT2D eigenvalue weighted by Gasteiger charge is -2.35. The second-order valence-electron chi connectivity index (χ2n) is 3.89. The monoisotopic (exact) mass is 223 g/mol. The molecule has 4 heteroatoms. The van der Waals surface area contributed by atoms with Gasteiger partial charge in [0, 0.05) is 12.3 Å². The minimum atomic E-state index is -0.0955. The van der Waals surface area contributed by atoms with E-state index in [1.807, 2.05) is 19.1 Å². The number of pyridine rings is 1. The van der Waals surface area contributed by atoms with Crippen LogP contribution in [-0.2, 0) is 9.53 Å². The van der Waals surface area contributed by atoms with Crippen LogP contribution in [0.5, 0.6) is 5.88 Å². The van der Waals surface area contributed by atoms with Gasteiger partial charge in [0.15, 0.2) is 0 Å². The van der Waals surface area contributed by atoms with E-state index in [0.29, 0.717) is 12.4 Å². The van der Waals surface area contributed by atoms with Gasteiger partial charge < -0.3 is 9.47 Å². The van der Waals surface area contributed by atoms with E-state index in [2.05, 4.69) is 4.98 Å². The molecule has 88 valence electrons. The highest BCUT2D eigenvalue weighted by molar-refractivity contribution is 5.38. The lowest BCUT2D eigenvalue weighted by molar-refractivity contribution is -0.149. The molecule has 2 rings (SSSR count). The van der Waals surface area contributed by atoms with E-state index >= 15 is 0 Å². The zero-order valence-electron chi connectivity index (χ0n) is 9.68. The van der Waals surface area contributed by atoms with Gasteiger partial charge in [0.25, 0.3) is 6.47 Å². The highest BCUT2D eigenvalue weighted by Gasteiger charge is 2.33. The number of carbonyl (C=O) groups excluding carboxylic acids is 1. The summed E-state index contributed by atoms with van der Waals surface area (Å²) in [6, 6.07) is 5.54. The fourth-order valence-electron chi connectivity index (χ4n) is 1.38. The largest absolute Gasteiger partial charge is 0.481 e. The average molecular weight is 223 g/mol. The molecule has 0 saturated heterocycles. The van der Waals surface area contributed by atoms with Crippen molar-refractivity contribution in [3.8, 4) is 5.88 Å². The fourth-order valence-corrected chi connectivity index (χ4v) is 1.38. The Morgan fingerprint density at radius 3 is 2.44 bits per heavy atom. The van der Waals surface area contributed by atoms with Crippen LogP contribution in [0.25, 0.3) is 0 Å². The Hall–Kier alpha value is -1.58. The summed E-state index contributed by atoms with van der Waals surface area (Å²) < 4.78 is 9.59. The van der Waals surface area contributed by atoms with Gasteiger partial charge in [0.1, 0.15) is 5.60 Å². The van der Waals surface area contributed by atoms with Crippen LogP contribution in [0.3, 0.4) is 0 Å². The summed E-state index contributed by atoms with van der Waals surface area (Å²) in [6.07, 6.45) is 4.96. The highest BCUT2D eigenvalue weighted by atomic mass is 16.5. The normalized spacial score (nSPS) is 16.1. The molecule has 1 heterocycles. The molecule has 1 aromatic heterocycles. The van der Waals surface area contributed by atoms with Gasteiger partial charge in [-0.1, -0.05) is 6.07 Å². The Morgan fingerprint density at radius 2 is 2.19 bits per heavy atom. The first kappa shape index (κ1) is 12.5. The van der Waals surface area contributed by atoms with Crippen LogP contribution in [0, 0.1) is 0 Å².